The normalized spacial score (nSPS) is 20.1. The van der Waals surface area contributed by atoms with Crippen molar-refractivity contribution in [3.05, 3.63) is 95.1 Å². The van der Waals surface area contributed by atoms with Gasteiger partial charge in [-0.05, 0) is 72.2 Å². The Kier molecular flexibility index (Phi) is 5.70. The van der Waals surface area contributed by atoms with Gasteiger partial charge in [-0.3, -0.25) is 4.90 Å². The van der Waals surface area contributed by atoms with Crippen LogP contribution in [-0.2, 0) is 12.8 Å². The highest BCUT2D eigenvalue weighted by molar-refractivity contribution is 5.66. The Labute approximate surface area is 181 Å². The molecule has 1 aliphatic heterocycles. The van der Waals surface area contributed by atoms with Crippen molar-refractivity contribution in [3.8, 4) is 11.1 Å². The van der Waals surface area contributed by atoms with Gasteiger partial charge >= 0.3 is 0 Å². The number of aryl methyl sites for hydroxylation is 1. The molecule has 1 fully saturated rings. The first kappa shape index (κ1) is 19.5. The lowest BCUT2D eigenvalue weighted by Crippen LogP contribution is -2.46. The minimum atomic E-state index is 0.597. The Morgan fingerprint density at radius 1 is 0.767 bits per heavy atom. The lowest BCUT2D eigenvalue weighted by molar-refractivity contribution is 0.102. The number of rotatable bonds is 4. The molecule has 3 aromatic carbocycles. The van der Waals surface area contributed by atoms with Crippen LogP contribution < -0.4 is 0 Å². The van der Waals surface area contributed by atoms with E-state index in [-0.39, 0.29) is 0 Å². The van der Waals surface area contributed by atoms with E-state index in [0.29, 0.717) is 6.04 Å². The molecule has 30 heavy (non-hydrogen) atoms. The van der Waals surface area contributed by atoms with Crippen molar-refractivity contribution in [2.75, 3.05) is 33.2 Å². The van der Waals surface area contributed by atoms with Crippen LogP contribution in [0.1, 0.15) is 41.1 Å². The molecule has 0 saturated carbocycles. The maximum atomic E-state index is 2.73. The number of piperazine rings is 1. The maximum absolute atomic E-state index is 2.73. The van der Waals surface area contributed by atoms with Gasteiger partial charge in [-0.15, -0.1) is 0 Å². The summed E-state index contributed by atoms with van der Waals surface area (Å²) in [5.74, 6) is 0. The molecule has 0 N–H and O–H groups in total. The van der Waals surface area contributed by atoms with Crippen molar-refractivity contribution in [2.24, 2.45) is 0 Å². The topological polar surface area (TPSA) is 6.48 Å². The van der Waals surface area contributed by atoms with E-state index in [0.717, 1.165) is 6.42 Å². The zero-order valence-electron chi connectivity index (χ0n) is 18.1. The summed E-state index contributed by atoms with van der Waals surface area (Å²) < 4.78 is 0. The summed E-state index contributed by atoms with van der Waals surface area (Å²) in [6.45, 7) is 4.76. The molecule has 2 aliphatic rings. The van der Waals surface area contributed by atoms with E-state index in [1.165, 1.54) is 67.7 Å². The summed E-state index contributed by atoms with van der Waals surface area (Å²) in [7, 11) is 2.24. The number of hydrogen-bond acceptors (Lipinski definition) is 2. The summed E-state index contributed by atoms with van der Waals surface area (Å²) >= 11 is 0. The van der Waals surface area contributed by atoms with E-state index in [4.69, 9.17) is 0 Å². The Bertz CT molecular complexity index is 969. The fraction of sp³-hybridized carbons (Fsp3) is 0.357. The molecular weight excluding hydrogens is 364 g/mol. The fourth-order valence-corrected chi connectivity index (χ4v) is 5.11. The van der Waals surface area contributed by atoms with Crippen LogP contribution in [0.25, 0.3) is 11.1 Å². The van der Waals surface area contributed by atoms with Gasteiger partial charge in [0.2, 0.25) is 0 Å². The zero-order valence-corrected chi connectivity index (χ0v) is 18.1. The summed E-state index contributed by atoms with van der Waals surface area (Å²) in [5, 5.41) is 0. The molecule has 1 unspecified atom stereocenters. The molecule has 0 spiro atoms. The second-order valence-electron chi connectivity index (χ2n) is 9.02. The second kappa shape index (κ2) is 8.75. The molecule has 0 bridgehead atoms. The third kappa shape index (κ3) is 4.21. The molecule has 154 valence electrons. The standard InChI is InChI=1S/C28H32N2/c1-29-16-18-30(19-17-29)28-9-5-8-25-14-15-26(21-27(25)28)24-12-10-23(11-13-24)20-22-6-3-2-4-7-22/h2-4,6-7,10-15,21,28H,5,8-9,16-20H2,1H3. The Morgan fingerprint density at radius 2 is 1.47 bits per heavy atom. The van der Waals surface area contributed by atoms with E-state index in [1.54, 1.807) is 11.1 Å². The van der Waals surface area contributed by atoms with E-state index in [1.807, 2.05) is 0 Å². The monoisotopic (exact) mass is 396 g/mol. The van der Waals surface area contributed by atoms with Crippen LogP contribution in [0.3, 0.4) is 0 Å². The second-order valence-corrected chi connectivity index (χ2v) is 9.02. The van der Waals surface area contributed by atoms with Crippen molar-refractivity contribution in [1.29, 1.82) is 0 Å². The lowest BCUT2D eigenvalue weighted by atomic mass is 9.84. The number of benzene rings is 3. The number of nitrogens with zero attached hydrogens (tertiary/aromatic N) is 2. The summed E-state index contributed by atoms with van der Waals surface area (Å²) in [6.07, 6.45) is 4.85. The van der Waals surface area contributed by atoms with Gasteiger partial charge in [0.05, 0.1) is 0 Å². The first-order chi connectivity index (χ1) is 14.8. The van der Waals surface area contributed by atoms with Crippen LogP contribution >= 0.6 is 0 Å². The van der Waals surface area contributed by atoms with Crippen LogP contribution in [0.15, 0.2) is 72.8 Å². The fourth-order valence-electron chi connectivity index (χ4n) is 5.11. The van der Waals surface area contributed by atoms with Crippen LogP contribution in [0, 0.1) is 0 Å². The van der Waals surface area contributed by atoms with Gasteiger partial charge in [-0.2, -0.15) is 0 Å². The summed E-state index contributed by atoms with van der Waals surface area (Å²) in [4.78, 5) is 5.18. The largest absolute Gasteiger partial charge is 0.304 e. The Hall–Kier alpha value is -2.42. The van der Waals surface area contributed by atoms with Crippen molar-refractivity contribution < 1.29 is 0 Å². The molecule has 0 aromatic heterocycles. The van der Waals surface area contributed by atoms with Crippen molar-refractivity contribution in [3.63, 3.8) is 0 Å². The van der Waals surface area contributed by atoms with Crippen molar-refractivity contribution >= 4 is 0 Å². The highest BCUT2D eigenvalue weighted by atomic mass is 15.3. The molecule has 1 saturated heterocycles. The molecule has 1 aliphatic carbocycles. The number of hydrogen-bond donors (Lipinski definition) is 0. The van der Waals surface area contributed by atoms with Crippen LogP contribution in [0.4, 0.5) is 0 Å². The molecule has 2 nitrogen and oxygen atoms in total. The molecule has 5 rings (SSSR count). The highest BCUT2D eigenvalue weighted by Crippen LogP contribution is 2.37. The van der Waals surface area contributed by atoms with Crippen molar-refractivity contribution in [2.45, 2.75) is 31.7 Å². The molecule has 3 aromatic rings. The van der Waals surface area contributed by atoms with Gasteiger partial charge < -0.3 is 4.90 Å². The maximum Gasteiger partial charge on any atom is 0.0352 e. The van der Waals surface area contributed by atoms with Gasteiger partial charge in [0, 0.05) is 32.2 Å². The molecule has 1 atom stereocenters. The minimum absolute atomic E-state index is 0.597. The predicted molar refractivity (Wildman–Crippen MR) is 126 cm³/mol. The van der Waals surface area contributed by atoms with Gasteiger partial charge in [-0.1, -0.05) is 66.7 Å². The molecule has 2 heteroatoms. The van der Waals surface area contributed by atoms with E-state index >= 15 is 0 Å². The Balaban J connectivity index is 1.37. The third-order valence-corrected chi connectivity index (χ3v) is 6.95. The first-order valence-electron chi connectivity index (χ1n) is 11.4. The van der Waals surface area contributed by atoms with E-state index in [2.05, 4.69) is 89.6 Å². The SMILES string of the molecule is CN1CCN(C2CCCc3ccc(-c4ccc(Cc5ccccc5)cc4)cc32)CC1. The van der Waals surface area contributed by atoms with E-state index < -0.39 is 0 Å². The summed E-state index contributed by atoms with van der Waals surface area (Å²) in [6, 6.07) is 27.7. The van der Waals surface area contributed by atoms with Crippen LogP contribution in [0.2, 0.25) is 0 Å². The molecule has 0 radical (unpaired) electrons. The molecular formula is C28H32N2. The minimum Gasteiger partial charge on any atom is -0.304 e. The number of fused-ring (bicyclic) bond motifs is 1. The number of likely N-dealkylation sites (N-methyl/N-ethyl adjacent to an activating group) is 1. The first-order valence-corrected chi connectivity index (χ1v) is 11.4. The van der Waals surface area contributed by atoms with Gasteiger partial charge in [0.25, 0.3) is 0 Å². The molecule has 1 heterocycles. The van der Waals surface area contributed by atoms with Gasteiger partial charge in [-0.25, -0.2) is 0 Å². The molecule has 0 amide bonds. The third-order valence-electron chi connectivity index (χ3n) is 6.95. The average molecular weight is 397 g/mol. The van der Waals surface area contributed by atoms with E-state index in [9.17, 15) is 0 Å². The smallest absolute Gasteiger partial charge is 0.0352 e. The Morgan fingerprint density at radius 3 is 2.23 bits per heavy atom. The quantitative estimate of drug-likeness (QED) is 0.569. The predicted octanol–water partition coefficient (Wildman–Crippen LogP) is 5.57. The van der Waals surface area contributed by atoms with Crippen LogP contribution in [0.5, 0.6) is 0 Å². The van der Waals surface area contributed by atoms with Gasteiger partial charge in [0.1, 0.15) is 0 Å². The highest BCUT2D eigenvalue weighted by Gasteiger charge is 2.28. The zero-order chi connectivity index (χ0) is 20.3. The lowest BCUT2D eigenvalue weighted by Gasteiger charge is -2.40. The summed E-state index contributed by atoms with van der Waals surface area (Å²) in [5.41, 5.74) is 8.58. The average Bonchev–Trinajstić information content (AvgIpc) is 2.80. The van der Waals surface area contributed by atoms with Crippen molar-refractivity contribution in [1.82, 2.24) is 9.80 Å². The van der Waals surface area contributed by atoms with Crippen LogP contribution in [-0.4, -0.2) is 43.0 Å². The van der Waals surface area contributed by atoms with Gasteiger partial charge in [0.15, 0.2) is 0 Å².